The molecule has 1 rings (SSSR count). The Morgan fingerprint density at radius 3 is 2.57 bits per heavy atom. The molecule has 0 aromatic carbocycles. The van der Waals surface area contributed by atoms with E-state index < -0.39 is 5.41 Å². The molecule has 0 aliphatic carbocycles. The predicted octanol–water partition coefficient (Wildman–Crippen LogP) is 1.99. The van der Waals surface area contributed by atoms with Crippen molar-refractivity contribution in [2.75, 3.05) is 0 Å². The molecule has 5 heteroatoms. The van der Waals surface area contributed by atoms with Crippen molar-refractivity contribution in [2.24, 2.45) is 15.5 Å². The van der Waals surface area contributed by atoms with Gasteiger partial charge in [0, 0.05) is 5.41 Å². The Morgan fingerprint density at radius 2 is 2.14 bits per heavy atom. The molecule has 1 radical (unpaired) electrons. The zero-order valence-electron chi connectivity index (χ0n) is 8.87. The van der Waals surface area contributed by atoms with Crippen molar-refractivity contribution in [3.63, 3.8) is 0 Å². The Balaban J connectivity index is 2.62. The van der Waals surface area contributed by atoms with Crippen LogP contribution in [0.3, 0.4) is 0 Å². The molecule has 0 aromatic rings. The predicted molar refractivity (Wildman–Crippen MR) is 59.3 cm³/mol. The number of aliphatic imine (C=N–C) groups is 1. The highest BCUT2D eigenvalue weighted by atomic mass is 32.2. The average Bonchev–Trinajstić information content (AvgIpc) is 2.50. The third-order valence-corrected chi connectivity index (χ3v) is 2.56. The first-order valence-electron chi connectivity index (χ1n) is 4.52. The molecule has 0 N–H and O–H groups in total. The number of amides is 1. The van der Waals surface area contributed by atoms with Crippen molar-refractivity contribution in [1.82, 2.24) is 5.43 Å². The van der Waals surface area contributed by atoms with Crippen LogP contribution in [0.4, 0.5) is 0 Å². The first kappa shape index (κ1) is 11.2. The van der Waals surface area contributed by atoms with Crippen molar-refractivity contribution in [1.29, 1.82) is 0 Å². The van der Waals surface area contributed by atoms with Gasteiger partial charge in [-0.05, 0) is 18.2 Å². The maximum atomic E-state index is 11.5. The highest BCUT2D eigenvalue weighted by Gasteiger charge is 2.23. The fourth-order valence-electron chi connectivity index (χ4n) is 0.687. The number of nitrogens with zero attached hydrogens (tertiary/aromatic N) is 3. The second kappa shape index (κ2) is 4.13. The number of thioether (sulfide) groups is 1. The van der Waals surface area contributed by atoms with Gasteiger partial charge in [0.25, 0.3) is 5.91 Å². The summed E-state index contributed by atoms with van der Waals surface area (Å²) in [5, 5.41) is 5.26. The fourth-order valence-corrected chi connectivity index (χ4v) is 1.33. The van der Waals surface area contributed by atoms with Crippen molar-refractivity contribution in [3.05, 3.63) is 0 Å². The summed E-state index contributed by atoms with van der Waals surface area (Å²) in [6, 6.07) is 0. The molecular weight excluding hydrogens is 198 g/mol. The first-order valence-corrected chi connectivity index (χ1v) is 5.33. The van der Waals surface area contributed by atoms with Crippen molar-refractivity contribution in [2.45, 2.75) is 34.1 Å². The number of carbonyl (C=O) groups excluding carboxylic acids is 1. The van der Waals surface area contributed by atoms with Gasteiger partial charge in [0.2, 0.25) is 5.17 Å². The van der Waals surface area contributed by atoms with Gasteiger partial charge in [-0.1, -0.05) is 27.7 Å². The van der Waals surface area contributed by atoms with Gasteiger partial charge in [-0.15, -0.1) is 10.5 Å². The summed E-state index contributed by atoms with van der Waals surface area (Å²) in [5.41, 5.74) is 3.38. The van der Waals surface area contributed by atoms with Crippen LogP contribution in [0, 0.1) is 5.41 Å². The lowest BCUT2D eigenvalue weighted by Gasteiger charge is -2.11. The minimum Gasteiger partial charge on any atom is -0.272 e. The van der Waals surface area contributed by atoms with Gasteiger partial charge in [-0.3, -0.25) is 4.79 Å². The molecule has 14 heavy (non-hydrogen) atoms. The van der Waals surface area contributed by atoms with Gasteiger partial charge < -0.3 is 0 Å². The smallest absolute Gasteiger partial charge is 0.253 e. The molecule has 0 saturated heterocycles. The van der Waals surface area contributed by atoms with Crippen molar-refractivity contribution >= 4 is 27.9 Å². The molecule has 0 saturated carbocycles. The second-order valence-corrected chi connectivity index (χ2v) is 5.04. The molecule has 1 heterocycles. The summed E-state index contributed by atoms with van der Waals surface area (Å²) < 4.78 is 0. The number of amidine groups is 1. The Labute approximate surface area is 88.2 Å². The van der Waals surface area contributed by atoms with Gasteiger partial charge in [-0.25, -0.2) is 0 Å². The van der Waals surface area contributed by atoms with E-state index >= 15 is 0 Å². The van der Waals surface area contributed by atoms with Gasteiger partial charge in [0.15, 0.2) is 0 Å². The topological polar surface area (TPSA) is 55.9 Å². The molecule has 0 spiro atoms. The maximum Gasteiger partial charge on any atom is 0.253 e. The van der Waals surface area contributed by atoms with Crippen LogP contribution in [0.1, 0.15) is 34.1 Å². The highest BCUT2D eigenvalue weighted by Crippen LogP contribution is 2.20. The fraction of sp³-hybridized carbons (Fsp3) is 0.667. The van der Waals surface area contributed by atoms with Crippen LogP contribution in [0.2, 0.25) is 0 Å². The molecule has 1 amide bonds. The van der Waals surface area contributed by atoms with Crippen LogP contribution in [0.15, 0.2) is 10.1 Å². The molecule has 0 atom stereocenters. The summed E-state index contributed by atoms with van der Waals surface area (Å²) >= 11 is 1.37. The number of hydrogen-bond donors (Lipinski definition) is 0. The van der Waals surface area contributed by atoms with Crippen molar-refractivity contribution in [3.8, 4) is 0 Å². The third kappa shape index (κ3) is 2.83. The lowest BCUT2D eigenvalue weighted by atomic mass is 9.96. The molecule has 77 valence electrons. The van der Waals surface area contributed by atoms with E-state index in [1.807, 2.05) is 27.7 Å². The molecule has 4 nitrogen and oxygen atoms in total. The van der Waals surface area contributed by atoms with E-state index in [1.165, 1.54) is 11.8 Å². The zero-order chi connectivity index (χ0) is 10.8. The Kier molecular flexibility index (Phi) is 3.31. The van der Waals surface area contributed by atoms with Crippen LogP contribution >= 0.6 is 11.8 Å². The van der Waals surface area contributed by atoms with E-state index in [-0.39, 0.29) is 5.91 Å². The molecule has 0 bridgehead atoms. The van der Waals surface area contributed by atoms with E-state index in [0.717, 1.165) is 11.5 Å². The minimum absolute atomic E-state index is 0.156. The largest absolute Gasteiger partial charge is 0.272 e. The second-order valence-electron chi connectivity index (χ2n) is 4.00. The third-order valence-electron chi connectivity index (χ3n) is 1.60. The van der Waals surface area contributed by atoms with Crippen LogP contribution < -0.4 is 5.43 Å². The molecule has 0 fully saturated rings. The standard InChI is InChI=1S/C9H14N3OS/c1-5-6-11-12-8(14-6)10-7(13)9(2,3)4/h5H2,1-4H3. The Morgan fingerprint density at radius 1 is 1.50 bits per heavy atom. The van der Waals surface area contributed by atoms with Crippen LogP contribution in [0.5, 0.6) is 0 Å². The zero-order valence-corrected chi connectivity index (χ0v) is 9.68. The summed E-state index contributed by atoms with van der Waals surface area (Å²) in [5.74, 6) is -0.156. The lowest BCUT2D eigenvalue weighted by molar-refractivity contribution is -0.124. The SMILES string of the molecule is CCC1=N[N]C(=NC(=O)C(C)(C)C)S1. The first-order chi connectivity index (χ1) is 6.43. The molecule has 1 aliphatic rings. The van der Waals surface area contributed by atoms with E-state index in [4.69, 9.17) is 0 Å². The molecule has 0 aromatic heterocycles. The van der Waals surface area contributed by atoms with Gasteiger partial charge in [0.05, 0.1) is 0 Å². The van der Waals surface area contributed by atoms with Crippen LogP contribution in [-0.2, 0) is 4.79 Å². The quantitative estimate of drug-likeness (QED) is 0.667. The molecular formula is C9H14N3OS. The van der Waals surface area contributed by atoms with E-state index in [2.05, 4.69) is 15.5 Å². The van der Waals surface area contributed by atoms with E-state index in [0.29, 0.717) is 5.17 Å². The van der Waals surface area contributed by atoms with Crippen LogP contribution in [-0.4, -0.2) is 16.1 Å². The van der Waals surface area contributed by atoms with Gasteiger partial charge in [-0.2, -0.15) is 4.99 Å². The Bertz CT molecular complexity index is 302. The van der Waals surface area contributed by atoms with Crippen molar-refractivity contribution < 1.29 is 4.79 Å². The number of rotatable bonds is 1. The normalized spacial score (nSPS) is 19.4. The number of carbonyl (C=O) groups is 1. The summed E-state index contributed by atoms with van der Waals surface area (Å²) in [4.78, 5) is 15.4. The summed E-state index contributed by atoms with van der Waals surface area (Å²) in [7, 11) is 0. The molecule has 0 unspecified atom stereocenters. The van der Waals surface area contributed by atoms with E-state index in [1.54, 1.807) is 0 Å². The monoisotopic (exact) mass is 212 g/mol. The average molecular weight is 212 g/mol. The summed E-state index contributed by atoms with van der Waals surface area (Å²) in [6.07, 6.45) is 0.830. The van der Waals surface area contributed by atoms with E-state index in [9.17, 15) is 4.79 Å². The molecule has 1 aliphatic heterocycles. The Hall–Kier alpha value is -0.840. The van der Waals surface area contributed by atoms with Gasteiger partial charge >= 0.3 is 0 Å². The maximum absolute atomic E-state index is 11.5. The van der Waals surface area contributed by atoms with Gasteiger partial charge in [0.1, 0.15) is 5.04 Å². The lowest BCUT2D eigenvalue weighted by Crippen LogP contribution is -2.19. The minimum atomic E-state index is -0.446. The highest BCUT2D eigenvalue weighted by molar-refractivity contribution is 8.26. The van der Waals surface area contributed by atoms with Crippen LogP contribution in [0.25, 0.3) is 0 Å². The number of hydrogen-bond acceptors (Lipinski definition) is 3. The summed E-state index contributed by atoms with van der Waals surface area (Å²) in [6.45, 7) is 7.50.